The number of likely N-dealkylation sites (tertiary alicyclic amines) is 1. The molecule has 1 aromatic carbocycles. The first-order valence-corrected chi connectivity index (χ1v) is 22.4. The lowest BCUT2D eigenvalue weighted by molar-refractivity contribution is -0.140. The molecule has 7 rings (SSSR count). The molecule has 0 radical (unpaired) electrons. The van der Waals surface area contributed by atoms with Gasteiger partial charge in [0.1, 0.15) is 29.2 Å². The van der Waals surface area contributed by atoms with E-state index in [2.05, 4.69) is 10.0 Å². The third-order valence-electron chi connectivity index (χ3n) is 13.0. The molecule has 0 spiro atoms. The first-order valence-electron chi connectivity index (χ1n) is 20.9. The fourth-order valence-corrected chi connectivity index (χ4v) is 10.1. The molecule has 2 aliphatic carbocycles. The van der Waals surface area contributed by atoms with Gasteiger partial charge in [-0.15, -0.1) is 0 Å². The number of aryl methyl sites for hydroxylation is 1. The summed E-state index contributed by atoms with van der Waals surface area (Å²) in [5.74, 6) is -0.360. The maximum Gasteiger partial charge on any atom is 0.318 e. The van der Waals surface area contributed by atoms with Crippen LogP contribution in [0.3, 0.4) is 0 Å². The van der Waals surface area contributed by atoms with E-state index in [1.54, 1.807) is 32.1 Å². The van der Waals surface area contributed by atoms with E-state index in [0.717, 1.165) is 24.8 Å². The Morgan fingerprint density at radius 2 is 1.78 bits per heavy atom. The van der Waals surface area contributed by atoms with Crippen molar-refractivity contribution in [1.82, 2.24) is 24.8 Å². The van der Waals surface area contributed by atoms with Gasteiger partial charge < -0.3 is 34.1 Å². The summed E-state index contributed by atoms with van der Waals surface area (Å²) in [6.07, 6.45) is 7.51. The molecule has 3 aliphatic heterocycles. The van der Waals surface area contributed by atoms with Gasteiger partial charge in [-0.2, -0.15) is 0 Å². The van der Waals surface area contributed by atoms with E-state index < -0.39 is 55.8 Å². The van der Waals surface area contributed by atoms with Crippen LogP contribution in [0.2, 0.25) is 0 Å². The number of nitrogens with zero attached hydrogens (tertiary/aromatic N) is 3. The molecular weight excluding hydrogens is 779 g/mol. The highest BCUT2D eigenvalue weighted by Gasteiger charge is 2.62. The van der Waals surface area contributed by atoms with Crippen molar-refractivity contribution in [2.75, 3.05) is 33.9 Å². The molecule has 16 heteroatoms. The van der Waals surface area contributed by atoms with E-state index >= 15 is 0 Å². The summed E-state index contributed by atoms with van der Waals surface area (Å²) in [7, 11) is -0.774. The van der Waals surface area contributed by atoms with Crippen molar-refractivity contribution >= 4 is 44.6 Å². The van der Waals surface area contributed by atoms with Gasteiger partial charge in [-0.3, -0.25) is 19.1 Å². The van der Waals surface area contributed by atoms with Gasteiger partial charge in [0.25, 0.3) is 0 Å². The molecule has 4 heterocycles. The lowest BCUT2D eigenvalue weighted by atomic mass is 9.91. The van der Waals surface area contributed by atoms with Crippen LogP contribution in [0.15, 0.2) is 30.4 Å². The van der Waals surface area contributed by atoms with E-state index in [9.17, 15) is 27.6 Å². The highest BCUT2D eigenvalue weighted by atomic mass is 32.2. The Balaban J connectivity index is 1.21. The second-order valence-corrected chi connectivity index (χ2v) is 20.2. The van der Waals surface area contributed by atoms with Crippen LogP contribution >= 0.6 is 0 Å². The Kier molecular flexibility index (Phi) is 11.7. The standard InChI is InChI=1S/C43H59N5O10S/c1-26(2)57-36-20-35(30-15-16-34(55-6)27(3)37(30)45-36)58-29-19-32-33(49)22-43(39(51)46-59(53,54)42(5)17-18-42)21-28(43)13-11-9-8-10-12-14-31(38(50)48(32)23-29)44-40(52)47-24-41(4,25-47)56-7/h11,13,15-16,20,26,28-29,31-32H,8-10,12,14,17-19,21-25H2,1-7H3,(H,44,52)(H,46,51)/b13-11-/t28-,29+,31-,32-,43+/m0/s1. The van der Waals surface area contributed by atoms with Crippen molar-refractivity contribution in [3.63, 3.8) is 0 Å². The molecule has 5 atom stereocenters. The van der Waals surface area contributed by atoms with Crippen molar-refractivity contribution < 1.29 is 46.5 Å². The number of rotatable bonds is 10. The molecular formula is C43H59N5O10S. The van der Waals surface area contributed by atoms with Gasteiger partial charge in [-0.25, -0.2) is 18.2 Å². The average Bonchev–Trinajstić information content (AvgIpc) is 4.05. The van der Waals surface area contributed by atoms with Crippen LogP contribution in [-0.4, -0.2) is 115 Å². The number of Topliss-reactive ketones (excluding diaryl/α,β-unsaturated/α-hetero) is 1. The number of nitrogens with one attached hydrogen (secondary N) is 2. The Labute approximate surface area is 347 Å². The summed E-state index contributed by atoms with van der Waals surface area (Å²) in [5, 5.41) is 3.67. The molecule has 4 amide bonds. The van der Waals surface area contributed by atoms with Gasteiger partial charge >= 0.3 is 6.03 Å². The molecule has 0 bridgehead atoms. The monoisotopic (exact) mass is 837 g/mol. The Morgan fingerprint density at radius 3 is 2.46 bits per heavy atom. The van der Waals surface area contributed by atoms with Crippen LogP contribution in [0.25, 0.3) is 10.9 Å². The minimum atomic E-state index is -3.96. The summed E-state index contributed by atoms with van der Waals surface area (Å²) in [6, 6.07) is 3.07. The largest absolute Gasteiger partial charge is 0.496 e. The molecule has 0 unspecified atom stereocenters. The topological polar surface area (TPSA) is 183 Å². The summed E-state index contributed by atoms with van der Waals surface area (Å²) in [4.78, 5) is 65.0. The zero-order valence-electron chi connectivity index (χ0n) is 35.3. The quantitative estimate of drug-likeness (QED) is 0.308. The highest BCUT2D eigenvalue weighted by molar-refractivity contribution is 7.91. The number of hydrogen-bond acceptors (Lipinski definition) is 11. The maximum atomic E-state index is 14.8. The molecule has 4 fully saturated rings. The van der Waals surface area contributed by atoms with Crippen LogP contribution in [0.1, 0.15) is 97.5 Å². The third-order valence-corrected chi connectivity index (χ3v) is 15.1. The normalized spacial score (nSPS) is 28.3. The Bertz CT molecular complexity index is 2130. The number of aromatic nitrogens is 1. The van der Waals surface area contributed by atoms with E-state index in [1.807, 2.05) is 52.0 Å². The smallest absolute Gasteiger partial charge is 0.318 e. The number of sulfonamides is 1. The number of amides is 4. The van der Waals surface area contributed by atoms with Crippen LogP contribution in [0.4, 0.5) is 4.79 Å². The highest BCUT2D eigenvalue weighted by Crippen LogP contribution is 2.57. The van der Waals surface area contributed by atoms with Crippen LogP contribution in [0.5, 0.6) is 17.4 Å². The summed E-state index contributed by atoms with van der Waals surface area (Å²) < 4.78 is 51.7. The Hall–Kier alpha value is -4.44. The number of ether oxygens (including phenoxy) is 4. The Morgan fingerprint density at radius 1 is 1.03 bits per heavy atom. The number of benzene rings is 1. The second kappa shape index (κ2) is 16.2. The number of fused-ring (bicyclic) bond motifs is 3. The number of carbonyl (C=O) groups is 4. The first kappa shape index (κ1) is 42.7. The molecule has 5 aliphatic rings. The average molecular weight is 838 g/mol. The summed E-state index contributed by atoms with van der Waals surface area (Å²) in [6.45, 7) is 9.99. The van der Waals surface area contributed by atoms with E-state index in [-0.39, 0.29) is 43.2 Å². The molecule has 2 saturated heterocycles. The minimum Gasteiger partial charge on any atom is -0.496 e. The fraction of sp³-hybridized carbons (Fsp3) is 0.651. The van der Waals surface area contributed by atoms with E-state index in [1.165, 1.54) is 4.90 Å². The second-order valence-electron chi connectivity index (χ2n) is 18.0. The number of methoxy groups -OCH3 is 2. The molecule has 2 aromatic rings. The molecule has 2 saturated carbocycles. The molecule has 1 aromatic heterocycles. The van der Waals surface area contributed by atoms with Crippen molar-refractivity contribution in [1.29, 1.82) is 0 Å². The zero-order chi connectivity index (χ0) is 42.5. The van der Waals surface area contributed by atoms with Gasteiger partial charge in [0, 0.05) is 37.0 Å². The van der Waals surface area contributed by atoms with Crippen LogP contribution in [0, 0.1) is 18.3 Å². The summed E-state index contributed by atoms with van der Waals surface area (Å²) in [5.41, 5.74) is -0.339. The predicted octanol–water partition coefficient (Wildman–Crippen LogP) is 4.97. The van der Waals surface area contributed by atoms with Crippen LogP contribution < -0.4 is 24.2 Å². The number of hydrogen-bond donors (Lipinski definition) is 2. The summed E-state index contributed by atoms with van der Waals surface area (Å²) >= 11 is 0. The van der Waals surface area contributed by atoms with Gasteiger partial charge in [0.15, 0.2) is 5.78 Å². The number of pyridine rings is 1. The molecule has 15 nitrogen and oxygen atoms in total. The van der Waals surface area contributed by atoms with Crippen molar-refractivity contribution in [3.05, 3.63) is 35.9 Å². The van der Waals surface area contributed by atoms with Crippen molar-refractivity contribution in [3.8, 4) is 17.4 Å². The first-order chi connectivity index (χ1) is 27.9. The van der Waals surface area contributed by atoms with E-state index in [4.69, 9.17) is 23.9 Å². The number of carbonyl (C=O) groups excluding carboxylic acids is 4. The molecule has 2 N–H and O–H groups in total. The SMILES string of the molecule is COc1ccc2c(O[C@@H]3C[C@H]4C(=O)C[C@]5(C(=O)NS(=O)(=O)C6(C)CC6)C[C@@H]5/C=C\CCCCC[C@H](NC(=O)N5CC(C)(OC)C5)C(=O)N4C3)cc(OC(C)C)nc2c1C. The lowest BCUT2D eigenvalue weighted by Crippen LogP contribution is -2.66. The molecule has 59 heavy (non-hydrogen) atoms. The van der Waals surface area contributed by atoms with Crippen LogP contribution in [-0.2, 0) is 29.1 Å². The number of allylic oxidation sites excluding steroid dienone is 2. The van der Waals surface area contributed by atoms with Crippen molar-refractivity contribution in [2.45, 2.75) is 133 Å². The van der Waals surface area contributed by atoms with Crippen molar-refractivity contribution in [2.24, 2.45) is 11.3 Å². The van der Waals surface area contributed by atoms with Gasteiger partial charge in [-0.05, 0) is 91.2 Å². The maximum absolute atomic E-state index is 14.8. The number of ketones is 1. The third kappa shape index (κ3) is 8.61. The van der Waals surface area contributed by atoms with Gasteiger partial charge in [-0.1, -0.05) is 25.0 Å². The van der Waals surface area contributed by atoms with E-state index in [0.29, 0.717) is 73.5 Å². The fourth-order valence-electron chi connectivity index (χ4n) is 8.72. The van der Waals surface area contributed by atoms with Gasteiger partial charge in [0.05, 0.1) is 54.6 Å². The minimum absolute atomic E-state index is 0.0294. The van der Waals surface area contributed by atoms with Gasteiger partial charge in [0.2, 0.25) is 27.7 Å². The molecule has 322 valence electrons. The number of urea groups is 1. The zero-order valence-corrected chi connectivity index (χ0v) is 36.1. The lowest BCUT2D eigenvalue weighted by Gasteiger charge is -2.47. The predicted molar refractivity (Wildman–Crippen MR) is 220 cm³/mol.